The molecule has 5 nitrogen and oxygen atoms in total. The highest BCUT2D eigenvalue weighted by molar-refractivity contribution is 5.91. The number of carbonyl (C=O) groups excluding carboxylic acids is 1. The monoisotopic (exact) mass is 371 g/mol. The van der Waals surface area contributed by atoms with Crippen molar-refractivity contribution in [2.24, 2.45) is 0 Å². The molecule has 0 aliphatic carbocycles. The topological polar surface area (TPSA) is 56.8 Å². The van der Waals surface area contributed by atoms with E-state index in [9.17, 15) is 4.79 Å². The lowest BCUT2D eigenvalue weighted by atomic mass is 10.1. The molecule has 27 heavy (non-hydrogen) atoms. The molecule has 0 unspecified atom stereocenters. The van der Waals surface area contributed by atoms with Gasteiger partial charge in [-0.15, -0.1) is 0 Å². The van der Waals surface area contributed by atoms with Crippen molar-refractivity contribution < 1.29 is 19.0 Å². The Bertz CT molecular complexity index is 786. The Balaban J connectivity index is 1.79. The van der Waals surface area contributed by atoms with Crippen molar-refractivity contribution in [3.8, 4) is 17.2 Å². The fraction of sp³-hybridized carbons (Fsp3) is 0.409. The number of unbranched alkanes of at least 4 members (excludes halogenated alkanes) is 1. The number of anilines is 1. The summed E-state index contributed by atoms with van der Waals surface area (Å²) in [6.45, 7) is 6.61. The minimum atomic E-state index is -0.0166. The van der Waals surface area contributed by atoms with E-state index in [1.54, 1.807) is 20.3 Å². The summed E-state index contributed by atoms with van der Waals surface area (Å²) in [7, 11) is 3.17. The zero-order valence-electron chi connectivity index (χ0n) is 16.8. The van der Waals surface area contributed by atoms with Crippen molar-refractivity contribution in [1.82, 2.24) is 0 Å². The van der Waals surface area contributed by atoms with E-state index in [1.165, 1.54) is 5.56 Å². The van der Waals surface area contributed by atoms with Crippen LogP contribution < -0.4 is 19.5 Å². The second kappa shape index (κ2) is 9.86. The first kappa shape index (κ1) is 20.6. The second-order valence-electron chi connectivity index (χ2n) is 6.64. The third kappa shape index (κ3) is 5.91. The summed E-state index contributed by atoms with van der Waals surface area (Å²) in [5.74, 6) is 2.15. The van der Waals surface area contributed by atoms with Gasteiger partial charge in [-0.2, -0.15) is 0 Å². The van der Waals surface area contributed by atoms with E-state index < -0.39 is 0 Å². The highest BCUT2D eigenvalue weighted by Gasteiger charge is 2.11. The van der Waals surface area contributed by atoms with E-state index >= 15 is 0 Å². The van der Waals surface area contributed by atoms with Gasteiger partial charge in [0.15, 0.2) is 11.5 Å². The van der Waals surface area contributed by atoms with Gasteiger partial charge in [0.05, 0.1) is 20.8 Å². The molecule has 0 aliphatic heterocycles. The van der Waals surface area contributed by atoms with E-state index in [2.05, 4.69) is 17.4 Å². The number of aryl methyl sites for hydroxylation is 3. The van der Waals surface area contributed by atoms with E-state index in [0.29, 0.717) is 24.5 Å². The summed E-state index contributed by atoms with van der Waals surface area (Å²) in [5, 5.41) is 2.95. The Kier molecular flexibility index (Phi) is 7.53. The van der Waals surface area contributed by atoms with Crippen molar-refractivity contribution in [1.29, 1.82) is 0 Å². The third-order valence-electron chi connectivity index (χ3n) is 4.40. The van der Waals surface area contributed by atoms with Gasteiger partial charge in [-0.05, 0) is 62.4 Å². The molecule has 0 aromatic heterocycles. The Morgan fingerprint density at radius 1 is 0.889 bits per heavy atom. The summed E-state index contributed by atoms with van der Waals surface area (Å²) in [6.07, 6.45) is 2.04. The van der Waals surface area contributed by atoms with Gasteiger partial charge in [0.2, 0.25) is 5.91 Å². The summed E-state index contributed by atoms with van der Waals surface area (Å²) in [6, 6.07) is 9.82. The van der Waals surface area contributed by atoms with Crippen LogP contribution in [0.1, 0.15) is 36.0 Å². The molecular formula is C22H29NO4. The summed E-state index contributed by atoms with van der Waals surface area (Å²) < 4.78 is 16.4. The minimum absolute atomic E-state index is 0.0166. The highest BCUT2D eigenvalue weighted by atomic mass is 16.5. The zero-order valence-corrected chi connectivity index (χ0v) is 16.8. The highest BCUT2D eigenvalue weighted by Crippen LogP contribution is 2.33. The zero-order chi connectivity index (χ0) is 19.8. The maximum atomic E-state index is 12.2. The number of methoxy groups -OCH3 is 2. The van der Waals surface area contributed by atoms with Crippen LogP contribution in [0, 0.1) is 20.8 Å². The van der Waals surface area contributed by atoms with Crippen LogP contribution in [0.4, 0.5) is 5.69 Å². The van der Waals surface area contributed by atoms with Crippen LogP contribution in [0.2, 0.25) is 0 Å². The molecule has 0 saturated carbocycles. The predicted molar refractivity (Wildman–Crippen MR) is 108 cm³/mol. The van der Waals surface area contributed by atoms with Gasteiger partial charge in [0.1, 0.15) is 5.75 Å². The van der Waals surface area contributed by atoms with Crippen LogP contribution in [0.25, 0.3) is 0 Å². The predicted octanol–water partition coefficient (Wildman–Crippen LogP) is 4.82. The molecule has 0 spiro atoms. The molecule has 0 radical (unpaired) electrons. The molecule has 1 amide bonds. The van der Waals surface area contributed by atoms with Gasteiger partial charge in [-0.1, -0.05) is 12.1 Å². The SMILES string of the molecule is COc1cc(C)c(NC(=O)CCCCOc2cc(C)ccc2C)cc1OC. The average molecular weight is 371 g/mol. The first-order valence-corrected chi connectivity index (χ1v) is 9.17. The van der Waals surface area contributed by atoms with Crippen LogP contribution in [-0.4, -0.2) is 26.7 Å². The number of rotatable bonds is 9. The van der Waals surface area contributed by atoms with Crippen LogP contribution >= 0.6 is 0 Å². The fourth-order valence-electron chi connectivity index (χ4n) is 2.76. The Morgan fingerprint density at radius 2 is 1.59 bits per heavy atom. The molecule has 2 rings (SSSR count). The molecule has 146 valence electrons. The number of nitrogens with one attached hydrogen (secondary N) is 1. The molecule has 5 heteroatoms. The van der Waals surface area contributed by atoms with Crippen molar-refractivity contribution in [2.75, 3.05) is 26.1 Å². The molecule has 0 aliphatic rings. The van der Waals surface area contributed by atoms with Gasteiger partial charge in [-0.25, -0.2) is 0 Å². The normalized spacial score (nSPS) is 10.4. The Hall–Kier alpha value is -2.69. The van der Waals surface area contributed by atoms with Gasteiger partial charge in [0, 0.05) is 18.2 Å². The molecule has 0 saturated heterocycles. The van der Waals surface area contributed by atoms with E-state index in [4.69, 9.17) is 14.2 Å². The lowest BCUT2D eigenvalue weighted by Gasteiger charge is -2.14. The van der Waals surface area contributed by atoms with Crippen molar-refractivity contribution in [3.63, 3.8) is 0 Å². The standard InChI is InChI=1S/C22H29NO4/c1-15-9-10-16(2)19(12-15)27-11-7-6-8-22(24)23-18-14-21(26-5)20(25-4)13-17(18)3/h9-10,12-14H,6-8,11H2,1-5H3,(H,23,24). The summed E-state index contributed by atoms with van der Waals surface area (Å²) in [5.41, 5.74) is 3.98. The molecule has 0 heterocycles. The van der Waals surface area contributed by atoms with Gasteiger partial charge in [-0.3, -0.25) is 4.79 Å². The van der Waals surface area contributed by atoms with E-state index in [0.717, 1.165) is 35.4 Å². The van der Waals surface area contributed by atoms with E-state index in [1.807, 2.05) is 32.9 Å². The van der Waals surface area contributed by atoms with Crippen LogP contribution in [0.15, 0.2) is 30.3 Å². The summed E-state index contributed by atoms with van der Waals surface area (Å²) in [4.78, 5) is 12.2. The van der Waals surface area contributed by atoms with Gasteiger partial charge in [0.25, 0.3) is 0 Å². The van der Waals surface area contributed by atoms with Crippen molar-refractivity contribution in [2.45, 2.75) is 40.0 Å². The maximum absolute atomic E-state index is 12.2. The number of amides is 1. The maximum Gasteiger partial charge on any atom is 0.224 e. The van der Waals surface area contributed by atoms with E-state index in [-0.39, 0.29) is 5.91 Å². The lowest BCUT2D eigenvalue weighted by molar-refractivity contribution is -0.116. The van der Waals surface area contributed by atoms with Crippen LogP contribution in [-0.2, 0) is 4.79 Å². The number of benzene rings is 2. The third-order valence-corrected chi connectivity index (χ3v) is 4.40. The molecule has 1 N–H and O–H groups in total. The second-order valence-corrected chi connectivity index (χ2v) is 6.64. The van der Waals surface area contributed by atoms with Crippen LogP contribution in [0.3, 0.4) is 0 Å². The summed E-state index contributed by atoms with van der Waals surface area (Å²) >= 11 is 0. The first-order chi connectivity index (χ1) is 12.9. The molecule has 2 aromatic carbocycles. The van der Waals surface area contributed by atoms with Crippen molar-refractivity contribution in [3.05, 3.63) is 47.0 Å². The quantitative estimate of drug-likeness (QED) is 0.642. The molecule has 0 fully saturated rings. The Morgan fingerprint density at radius 3 is 2.30 bits per heavy atom. The largest absolute Gasteiger partial charge is 0.493 e. The molecule has 0 atom stereocenters. The van der Waals surface area contributed by atoms with Crippen LogP contribution in [0.5, 0.6) is 17.2 Å². The number of hydrogen-bond acceptors (Lipinski definition) is 4. The molecule has 2 aromatic rings. The fourth-order valence-corrected chi connectivity index (χ4v) is 2.76. The van der Waals surface area contributed by atoms with Gasteiger partial charge < -0.3 is 19.5 Å². The Labute approximate surface area is 161 Å². The number of ether oxygens (including phenoxy) is 3. The number of carbonyl (C=O) groups is 1. The van der Waals surface area contributed by atoms with Gasteiger partial charge >= 0.3 is 0 Å². The first-order valence-electron chi connectivity index (χ1n) is 9.17. The smallest absolute Gasteiger partial charge is 0.224 e. The lowest BCUT2D eigenvalue weighted by Crippen LogP contribution is -2.13. The minimum Gasteiger partial charge on any atom is -0.493 e. The molecule has 0 bridgehead atoms. The van der Waals surface area contributed by atoms with Crippen molar-refractivity contribution >= 4 is 11.6 Å². The number of hydrogen-bond donors (Lipinski definition) is 1. The average Bonchev–Trinajstić information content (AvgIpc) is 2.65. The molecular weight excluding hydrogens is 342 g/mol.